The Morgan fingerprint density at radius 2 is 2.24 bits per heavy atom. The molecule has 0 radical (unpaired) electrons. The van der Waals surface area contributed by atoms with E-state index >= 15 is 0 Å². The number of methoxy groups -OCH3 is 1. The number of carbonyl (C=O) groups excluding carboxylic acids is 1. The van der Waals surface area contributed by atoms with E-state index in [0.29, 0.717) is 12.2 Å². The highest BCUT2D eigenvalue weighted by Gasteiger charge is 2.14. The van der Waals surface area contributed by atoms with Crippen molar-refractivity contribution in [3.8, 4) is 5.75 Å². The van der Waals surface area contributed by atoms with E-state index in [2.05, 4.69) is 0 Å². The second-order valence-corrected chi connectivity index (χ2v) is 3.51. The van der Waals surface area contributed by atoms with Crippen LogP contribution in [0.4, 0.5) is 4.39 Å². The van der Waals surface area contributed by atoms with Crippen LogP contribution < -0.4 is 10.5 Å². The van der Waals surface area contributed by atoms with Gasteiger partial charge in [0.15, 0.2) is 11.6 Å². The van der Waals surface area contributed by atoms with Crippen molar-refractivity contribution in [3.05, 3.63) is 29.6 Å². The van der Waals surface area contributed by atoms with Crippen molar-refractivity contribution in [1.82, 2.24) is 0 Å². The minimum Gasteiger partial charge on any atom is -0.494 e. The molecule has 2 N–H and O–H groups in total. The third-order valence-corrected chi connectivity index (χ3v) is 2.30. The van der Waals surface area contributed by atoms with Crippen LogP contribution in [0.3, 0.4) is 0 Å². The number of benzene rings is 1. The van der Waals surface area contributed by atoms with E-state index in [1.807, 2.05) is 0 Å². The van der Waals surface area contributed by atoms with Gasteiger partial charge in [0.1, 0.15) is 0 Å². The molecule has 1 rings (SSSR count). The van der Waals surface area contributed by atoms with Gasteiger partial charge in [-0.1, -0.05) is 6.07 Å². The summed E-state index contributed by atoms with van der Waals surface area (Å²) in [5.74, 6) is -0.718. The molecule has 0 saturated heterocycles. The summed E-state index contributed by atoms with van der Waals surface area (Å²) < 4.78 is 22.8. The minimum atomic E-state index is -0.524. The standard InChI is InChI=1S/C12H16FNO3/c1-3-17-12(15)7-10(14)8-4-5-9(13)11(6-8)16-2/h4-6,10H,3,7,14H2,1-2H3/t10-/m1/s1. The van der Waals surface area contributed by atoms with Crippen LogP contribution in [0.2, 0.25) is 0 Å². The van der Waals surface area contributed by atoms with Gasteiger partial charge in [0.25, 0.3) is 0 Å². The fourth-order valence-electron chi connectivity index (χ4n) is 1.42. The number of nitrogens with two attached hydrogens (primary N) is 1. The van der Waals surface area contributed by atoms with Gasteiger partial charge in [-0.2, -0.15) is 0 Å². The van der Waals surface area contributed by atoms with E-state index in [-0.39, 0.29) is 18.1 Å². The maximum Gasteiger partial charge on any atom is 0.307 e. The Hall–Kier alpha value is -1.62. The average Bonchev–Trinajstić information content (AvgIpc) is 2.29. The largest absolute Gasteiger partial charge is 0.494 e. The Bertz CT molecular complexity index is 395. The van der Waals surface area contributed by atoms with Crippen molar-refractivity contribution < 1.29 is 18.7 Å². The van der Waals surface area contributed by atoms with Gasteiger partial charge < -0.3 is 15.2 Å². The maximum atomic E-state index is 13.2. The van der Waals surface area contributed by atoms with E-state index in [1.165, 1.54) is 25.3 Å². The van der Waals surface area contributed by atoms with Gasteiger partial charge in [0.05, 0.1) is 20.1 Å². The summed E-state index contributed by atoms with van der Waals surface area (Å²) in [4.78, 5) is 11.2. The predicted molar refractivity (Wildman–Crippen MR) is 61.1 cm³/mol. The number of hydrogen-bond donors (Lipinski definition) is 1. The lowest BCUT2D eigenvalue weighted by Gasteiger charge is -2.12. The molecule has 0 unspecified atom stereocenters. The lowest BCUT2D eigenvalue weighted by atomic mass is 10.0. The Labute approximate surface area is 99.5 Å². The van der Waals surface area contributed by atoms with Crippen molar-refractivity contribution in [2.24, 2.45) is 5.73 Å². The predicted octanol–water partition coefficient (Wildman–Crippen LogP) is 1.79. The molecule has 4 nitrogen and oxygen atoms in total. The van der Waals surface area contributed by atoms with Crippen molar-refractivity contribution in [3.63, 3.8) is 0 Å². The quantitative estimate of drug-likeness (QED) is 0.798. The summed E-state index contributed by atoms with van der Waals surface area (Å²) in [6.45, 7) is 2.04. The highest BCUT2D eigenvalue weighted by Crippen LogP contribution is 2.23. The van der Waals surface area contributed by atoms with E-state index in [1.54, 1.807) is 6.92 Å². The number of carbonyl (C=O) groups is 1. The molecule has 94 valence electrons. The third-order valence-electron chi connectivity index (χ3n) is 2.30. The Balaban J connectivity index is 2.75. The summed E-state index contributed by atoms with van der Waals surface area (Å²) >= 11 is 0. The molecular weight excluding hydrogens is 225 g/mol. The first kappa shape index (κ1) is 13.4. The smallest absolute Gasteiger partial charge is 0.307 e. The van der Waals surface area contributed by atoms with Crippen LogP contribution in [0.5, 0.6) is 5.75 Å². The molecule has 5 heteroatoms. The molecule has 0 aliphatic heterocycles. The Morgan fingerprint density at radius 3 is 2.82 bits per heavy atom. The molecule has 0 saturated carbocycles. The third kappa shape index (κ3) is 3.71. The fraction of sp³-hybridized carbons (Fsp3) is 0.417. The molecule has 1 aromatic carbocycles. The lowest BCUT2D eigenvalue weighted by Crippen LogP contribution is -2.17. The van der Waals surface area contributed by atoms with E-state index < -0.39 is 11.9 Å². The lowest BCUT2D eigenvalue weighted by molar-refractivity contribution is -0.143. The van der Waals surface area contributed by atoms with Gasteiger partial charge >= 0.3 is 5.97 Å². The molecule has 0 spiro atoms. The molecule has 0 amide bonds. The topological polar surface area (TPSA) is 61.5 Å². The van der Waals surface area contributed by atoms with E-state index in [0.717, 1.165) is 0 Å². The maximum absolute atomic E-state index is 13.2. The zero-order valence-corrected chi connectivity index (χ0v) is 9.90. The van der Waals surface area contributed by atoms with E-state index in [9.17, 15) is 9.18 Å². The molecule has 0 heterocycles. The van der Waals surface area contributed by atoms with E-state index in [4.69, 9.17) is 15.2 Å². The second-order valence-electron chi connectivity index (χ2n) is 3.51. The van der Waals surface area contributed by atoms with Gasteiger partial charge in [-0.3, -0.25) is 4.79 Å². The number of esters is 1. The first-order valence-electron chi connectivity index (χ1n) is 5.33. The summed E-state index contributed by atoms with van der Waals surface area (Å²) in [5.41, 5.74) is 6.46. The van der Waals surface area contributed by atoms with Crippen molar-refractivity contribution in [1.29, 1.82) is 0 Å². The zero-order valence-electron chi connectivity index (χ0n) is 9.90. The highest BCUT2D eigenvalue weighted by atomic mass is 19.1. The molecule has 1 atom stereocenters. The number of hydrogen-bond acceptors (Lipinski definition) is 4. The van der Waals surface area contributed by atoms with Crippen molar-refractivity contribution in [2.45, 2.75) is 19.4 Å². The number of ether oxygens (including phenoxy) is 2. The summed E-state index contributed by atoms with van der Waals surface area (Å²) in [7, 11) is 1.37. The number of rotatable bonds is 5. The van der Waals surface area contributed by atoms with Gasteiger partial charge in [-0.15, -0.1) is 0 Å². The van der Waals surface area contributed by atoms with Crippen LogP contribution in [0.15, 0.2) is 18.2 Å². The monoisotopic (exact) mass is 241 g/mol. The Kier molecular flexibility index (Phi) is 4.90. The first-order valence-corrected chi connectivity index (χ1v) is 5.33. The molecule has 0 aliphatic rings. The highest BCUT2D eigenvalue weighted by molar-refractivity contribution is 5.70. The van der Waals surface area contributed by atoms with Crippen LogP contribution in [0.25, 0.3) is 0 Å². The SMILES string of the molecule is CCOC(=O)C[C@@H](N)c1ccc(F)c(OC)c1. The van der Waals surface area contributed by atoms with Gasteiger partial charge in [0.2, 0.25) is 0 Å². The van der Waals surface area contributed by atoms with Crippen LogP contribution in [0, 0.1) is 5.82 Å². The summed E-state index contributed by atoms with van der Waals surface area (Å²) in [6.07, 6.45) is 0.0582. The molecule has 0 aliphatic carbocycles. The average molecular weight is 241 g/mol. The van der Waals surface area contributed by atoms with Crippen LogP contribution in [0.1, 0.15) is 24.9 Å². The summed E-state index contributed by atoms with van der Waals surface area (Å²) in [5, 5.41) is 0. The van der Waals surface area contributed by atoms with Crippen molar-refractivity contribution in [2.75, 3.05) is 13.7 Å². The molecule has 0 bridgehead atoms. The minimum absolute atomic E-state index is 0.0582. The molecule has 1 aromatic rings. The normalized spacial score (nSPS) is 12.0. The fourth-order valence-corrected chi connectivity index (χ4v) is 1.42. The first-order chi connectivity index (χ1) is 8.08. The van der Waals surface area contributed by atoms with Crippen LogP contribution in [-0.2, 0) is 9.53 Å². The van der Waals surface area contributed by atoms with Gasteiger partial charge in [-0.05, 0) is 24.6 Å². The molecule has 0 aromatic heterocycles. The zero-order chi connectivity index (χ0) is 12.8. The number of halogens is 1. The van der Waals surface area contributed by atoms with Crippen molar-refractivity contribution >= 4 is 5.97 Å². The molecule has 0 fully saturated rings. The Morgan fingerprint density at radius 1 is 1.53 bits per heavy atom. The molecule has 17 heavy (non-hydrogen) atoms. The summed E-state index contributed by atoms with van der Waals surface area (Å²) in [6, 6.07) is 3.75. The van der Waals surface area contributed by atoms with Gasteiger partial charge in [0, 0.05) is 6.04 Å². The second kappa shape index (κ2) is 6.20. The van der Waals surface area contributed by atoms with Crippen LogP contribution in [-0.4, -0.2) is 19.7 Å². The molecular formula is C12H16FNO3. The van der Waals surface area contributed by atoms with Gasteiger partial charge in [-0.25, -0.2) is 4.39 Å². The van der Waals surface area contributed by atoms with Crippen LogP contribution >= 0.6 is 0 Å².